The molecule has 27 heavy (non-hydrogen) atoms. The van der Waals surface area contributed by atoms with Crippen molar-refractivity contribution in [3.8, 4) is 0 Å². The lowest BCUT2D eigenvalue weighted by Gasteiger charge is -2.36. The van der Waals surface area contributed by atoms with Crippen molar-refractivity contribution in [2.24, 2.45) is 0 Å². The van der Waals surface area contributed by atoms with Crippen LogP contribution < -0.4 is 5.32 Å². The lowest BCUT2D eigenvalue weighted by atomic mass is 9.97. The van der Waals surface area contributed by atoms with Crippen molar-refractivity contribution in [1.29, 1.82) is 0 Å². The molecule has 2 aromatic heterocycles. The average Bonchev–Trinajstić information content (AvgIpc) is 3.15. The van der Waals surface area contributed by atoms with E-state index in [-0.39, 0.29) is 24.7 Å². The predicted molar refractivity (Wildman–Crippen MR) is 95.8 cm³/mol. The molecule has 1 aliphatic heterocycles. The minimum absolute atomic E-state index is 0.00584. The van der Waals surface area contributed by atoms with Crippen molar-refractivity contribution >= 4 is 5.91 Å². The Bertz CT molecular complexity index is 724. The number of aliphatic hydroxyl groups excluding tert-OH is 1. The second kappa shape index (κ2) is 9.54. The number of hydrogen-bond donors (Lipinski definition) is 2. The second-order valence-electron chi connectivity index (χ2n) is 6.57. The standard InChI is InChI=1S/C18H25N5O4/c1-26-12-14-10-23(22-21-14)9-6-15-2-3-16(17(11-24)27-15)20-18(25)13-4-7-19-8-5-13/h4-5,7-8,10,15-17,24H,2-3,6,9,11-12H2,1H3,(H,20,25)/t15-,16-,17+/m0/s1. The summed E-state index contributed by atoms with van der Waals surface area (Å²) in [6.07, 6.45) is 6.91. The highest BCUT2D eigenvalue weighted by molar-refractivity contribution is 5.94. The molecule has 0 unspecified atom stereocenters. The summed E-state index contributed by atoms with van der Waals surface area (Å²) in [6, 6.07) is 3.10. The molecule has 9 nitrogen and oxygen atoms in total. The highest BCUT2D eigenvalue weighted by atomic mass is 16.5. The van der Waals surface area contributed by atoms with Crippen molar-refractivity contribution in [3.63, 3.8) is 0 Å². The van der Waals surface area contributed by atoms with Gasteiger partial charge < -0.3 is 19.9 Å². The third-order valence-electron chi connectivity index (χ3n) is 4.61. The van der Waals surface area contributed by atoms with E-state index in [1.807, 2.05) is 6.20 Å². The van der Waals surface area contributed by atoms with Crippen LogP contribution in [0, 0.1) is 0 Å². The van der Waals surface area contributed by atoms with Crippen LogP contribution in [0.15, 0.2) is 30.7 Å². The molecule has 1 amide bonds. The van der Waals surface area contributed by atoms with Crippen molar-refractivity contribution in [3.05, 3.63) is 42.0 Å². The van der Waals surface area contributed by atoms with E-state index < -0.39 is 6.10 Å². The Labute approximate surface area is 157 Å². The molecule has 0 aromatic carbocycles. The maximum atomic E-state index is 12.3. The molecule has 3 rings (SSSR count). The van der Waals surface area contributed by atoms with Crippen LogP contribution in [0.4, 0.5) is 0 Å². The van der Waals surface area contributed by atoms with E-state index in [0.717, 1.165) is 25.0 Å². The largest absolute Gasteiger partial charge is 0.394 e. The van der Waals surface area contributed by atoms with Gasteiger partial charge in [0.15, 0.2) is 0 Å². The van der Waals surface area contributed by atoms with Gasteiger partial charge in [0.1, 0.15) is 11.8 Å². The number of aliphatic hydroxyl groups is 1. The minimum Gasteiger partial charge on any atom is -0.394 e. The van der Waals surface area contributed by atoms with Gasteiger partial charge in [0.25, 0.3) is 5.91 Å². The molecule has 146 valence electrons. The molecule has 9 heteroatoms. The minimum atomic E-state index is -0.422. The zero-order valence-corrected chi connectivity index (χ0v) is 15.3. The number of pyridine rings is 1. The van der Waals surface area contributed by atoms with Gasteiger partial charge in [0.2, 0.25) is 0 Å². The van der Waals surface area contributed by atoms with Crippen LogP contribution in [0.1, 0.15) is 35.3 Å². The molecule has 0 saturated carbocycles. The summed E-state index contributed by atoms with van der Waals surface area (Å²) in [5.74, 6) is -0.184. The summed E-state index contributed by atoms with van der Waals surface area (Å²) in [5.41, 5.74) is 1.33. The number of amides is 1. The fraction of sp³-hybridized carbons (Fsp3) is 0.556. The molecule has 3 atom stereocenters. The van der Waals surface area contributed by atoms with Crippen LogP contribution in [0.5, 0.6) is 0 Å². The average molecular weight is 375 g/mol. The van der Waals surface area contributed by atoms with Gasteiger partial charge in [0.05, 0.1) is 31.6 Å². The molecule has 2 N–H and O–H groups in total. The first kappa shape index (κ1) is 19.4. The van der Waals surface area contributed by atoms with E-state index in [4.69, 9.17) is 9.47 Å². The van der Waals surface area contributed by atoms with Gasteiger partial charge >= 0.3 is 0 Å². The molecule has 1 aliphatic rings. The molecule has 3 heterocycles. The number of ether oxygens (including phenoxy) is 2. The monoisotopic (exact) mass is 375 g/mol. The maximum Gasteiger partial charge on any atom is 0.251 e. The van der Waals surface area contributed by atoms with E-state index in [9.17, 15) is 9.90 Å². The van der Waals surface area contributed by atoms with E-state index in [2.05, 4.69) is 20.6 Å². The third kappa shape index (κ3) is 5.31. The summed E-state index contributed by atoms with van der Waals surface area (Å²) in [4.78, 5) is 16.2. The number of carbonyl (C=O) groups is 1. The van der Waals surface area contributed by atoms with Gasteiger partial charge in [-0.1, -0.05) is 5.21 Å². The zero-order chi connectivity index (χ0) is 19.1. The summed E-state index contributed by atoms with van der Waals surface area (Å²) in [6.45, 7) is 0.970. The number of aromatic nitrogens is 4. The topological polar surface area (TPSA) is 111 Å². The Morgan fingerprint density at radius 2 is 2.22 bits per heavy atom. The number of rotatable bonds is 8. The van der Waals surface area contributed by atoms with Crippen molar-refractivity contribution in [2.75, 3.05) is 13.7 Å². The van der Waals surface area contributed by atoms with Crippen LogP contribution in [0.25, 0.3) is 0 Å². The van der Waals surface area contributed by atoms with Gasteiger partial charge in [-0.05, 0) is 31.4 Å². The maximum absolute atomic E-state index is 12.3. The molecule has 1 saturated heterocycles. The summed E-state index contributed by atoms with van der Waals surface area (Å²) in [7, 11) is 1.62. The quantitative estimate of drug-likeness (QED) is 0.693. The molecular formula is C18H25N5O4. The van der Waals surface area contributed by atoms with Crippen molar-refractivity contribution in [2.45, 2.75) is 50.7 Å². The molecular weight excluding hydrogens is 350 g/mol. The lowest BCUT2D eigenvalue weighted by molar-refractivity contribution is -0.0912. The van der Waals surface area contributed by atoms with E-state index >= 15 is 0 Å². The highest BCUT2D eigenvalue weighted by Gasteiger charge is 2.32. The van der Waals surface area contributed by atoms with Gasteiger partial charge in [-0.25, -0.2) is 0 Å². The number of methoxy groups -OCH3 is 1. The fourth-order valence-corrected chi connectivity index (χ4v) is 3.20. The number of aryl methyl sites for hydroxylation is 1. The first-order valence-electron chi connectivity index (χ1n) is 9.04. The van der Waals surface area contributed by atoms with Gasteiger partial charge in [0, 0.05) is 31.6 Å². The second-order valence-corrected chi connectivity index (χ2v) is 6.57. The Morgan fingerprint density at radius 1 is 1.41 bits per heavy atom. The lowest BCUT2D eigenvalue weighted by Crippen LogP contribution is -2.51. The van der Waals surface area contributed by atoms with Crippen LogP contribution in [0.2, 0.25) is 0 Å². The SMILES string of the molecule is COCc1cn(CC[C@@H]2CC[C@H](NC(=O)c3ccncc3)[C@@H](CO)O2)nn1. The summed E-state index contributed by atoms with van der Waals surface area (Å²) < 4.78 is 12.8. The predicted octanol–water partition coefficient (Wildman–Crippen LogP) is 0.548. The first-order chi connectivity index (χ1) is 13.2. The Balaban J connectivity index is 1.49. The molecule has 0 bridgehead atoms. The summed E-state index contributed by atoms with van der Waals surface area (Å²) >= 11 is 0. The number of nitrogens with zero attached hydrogens (tertiary/aromatic N) is 4. The first-order valence-corrected chi connectivity index (χ1v) is 9.04. The smallest absolute Gasteiger partial charge is 0.251 e. The van der Waals surface area contributed by atoms with Gasteiger partial charge in [-0.15, -0.1) is 5.10 Å². The summed E-state index contributed by atoms with van der Waals surface area (Å²) in [5, 5.41) is 20.7. The fourth-order valence-electron chi connectivity index (χ4n) is 3.20. The Hall–Kier alpha value is -2.36. The molecule has 1 fully saturated rings. The number of hydrogen-bond acceptors (Lipinski definition) is 7. The zero-order valence-electron chi connectivity index (χ0n) is 15.3. The Kier molecular flexibility index (Phi) is 6.86. The van der Waals surface area contributed by atoms with E-state index in [0.29, 0.717) is 18.7 Å². The van der Waals surface area contributed by atoms with Crippen LogP contribution in [0.3, 0.4) is 0 Å². The molecule has 2 aromatic rings. The Morgan fingerprint density at radius 3 is 2.96 bits per heavy atom. The molecule has 0 radical (unpaired) electrons. The van der Waals surface area contributed by atoms with Crippen molar-refractivity contribution in [1.82, 2.24) is 25.3 Å². The van der Waals surface area contributed by atoms with Gasteiger partial charge in [-0.2, -0.15) is 0 Å². The molecule has 0 aliphatic carbocycles. The van der Waals surface area contributed by atoms with Crippen LogP contribution >= 0.6 is 0 Å². The van der Waals surface area contributed by atoms with Crippen molar-refractivity contribution < 1.29 is 19.4 Å². The van der Waals surface area contributed by atoms with Crippen LogP contribution in [-0.4, -0.2) is 63.0 Å². The molecule has 0 spiro atoms. The van der Waals surface area contributed by atoms with E-state index in [1.54, 1.807) is 36.3 Å². The third-order valence-corrected chi connectivity index (χ3v) is 4.61. The number of carbonyl (C=O) groups excluding carboxylic acids is 1. The number of nitrogens with one attached hydrogen (secondary N) is 1. The normalized spacial score (nSPS) is 22.5. The van der Waals surface area contributed by atoms with Gasteiger partial charge in [-0.3, -0.25) is 14.5 Å². The van der Waals surface area contributed by atoms with Crippen LogP contribution in [-0.2, 0) is 22.6 Å². The van der Waals surface area contributed by atoms with E-state index in [1.165, 1.54) is 0 Å². The highest BCUT2D eigenvalue weighted by Crippen LogP contribution is 2.22.